The molecular formula is C28H24FN5OS. The van der Waals surface area contributed by atoms with Gasteiger partial charge in [-0.2, -0.15) is 0 Å². The maximum Gasteiger partial charge on any atom is 0.237 e. The molecule has 3 aromatic carbocycles. The van der Waals surface area contributed by atoms with Gasteiger partial charge in [-0.25, -0.2) is 9.37 Å². The second kappa shape index (κ2) is 9.29. The molecule has 1 aliphatic rings. The van der Waals surface area contributed by atoms with Crippen molar-refractivity contribution < 1.29 is 9.18 Å². The van der Waals surface area contributed by atoms with E-state index >= 15 is 4.39 Å². The standard InChI is InChI=1S/C28H24FN5OS/c1-33-10-11-34(28(35)16-33)15-18-2-5-21(23(29)12-18)19-3-6-24-22(13-19)25(8-9-30-24)32-20-4-7-27-26(14-20)31-17-36-27/h2-9,12-14,17H,10-11,15-16H2,1H3,(H,30,32). The van der Waals surface area contributed by atoms with Crippen molar-refractivity contribution in [1.82, 2.24) is 19.8 Å². The fourth-order valence-corrected chi connectivity index (χ4v) is 5.28. The Labute approximate surface area is 212 Å². The van der Waals surface area contributed by atoms with E-state index in [1.165, 1.54) is 6.07 Å². The van der Waals surface area contributed by atoms with Gasteiger partial charge < -0.3 is 10.2 Å². The molecule has 0 atom stereocenters. The number of nitrogens with one attached hydrogen (secondary N) is 1. The molecule has 1 N–H and O–H groups in total. The van der Waals surface area contributed by atoms with Crippen molar-refractivity contribution in [3.05, 3.63) is 83.8 Å². The highest BCUT2D eigenvalue weighted by molar-refractivity contribution is 7.16. The zero-order chi connectivity index (χ0) is 24.6. The molecule has 0 radical (unpaired) electrons. The summed E-state index contributed by atoms with van der Waals surface area (Å²) in [6, 6.07) is 19.0. The average molecular weight is 498 g/mol. The van der Waals surface area contributed by atoms with Crippen molar-refractivity contribution >= 4 is 49.7 Å². The monoisotopic (exact) mass is 497 g/mol. The number of halogens is 1. The number of nitrogens with zero attached hydrogens (tertiary/aromatic N) is 4. The molecule has 0 aliphatic carbocycles. The van der Waals surface area contributed by atoms with E-state index in [0.717, 1.165) is 50.2 Å². The van der Waals surface area contributed by atoms with Gasteiger partial charge in [0.05, 0.1) is 27.8 Å². The van der Waals surface area contributed by atoms with E-state index in [9.17, 15) is 4.79 Å². The second-order valence-electron chi connectivity index (χ2n) is 9.12. The van der Waals surface area contributed by atoms with Crippen LogP contribution in [0.4, 0.5) is 15.8 Å². The minimum Gasteiger partial charge on any atom is -0.355 e. The number of carbonyl (C=O) groups excluding carboxylic acids is 1. The van der Waals surface area contributed by atoms with Crippen molar-refractivity contribution in [3.63, 3.8) is 0 Å². The summed E-state index contributed by atoms with van der Waals surface area (Å²) < 4.78 is 16.4. The Hall–Kier alpha value is -3.88. The van der Waals surface area contributed by atoms with Crippen LogP contribution in [0.5, 0.6) is 0 Å². The molecule has 6 nitrogen and oxygen atoms in total. The summed E-state index contributed by atoms with van der Waals surface area (Å²) in [7, 11) is 1.93. The number of benzene rings is 3. The average Bonchev–Trinajstić information content (AvgIpc) is 3.34. The molecule has 36 heavy (non-hydrogen) atoms. The first kappa shape index (κ1) is 22.6. The van der Waals surface area contributed by atoms with Gasteiger partial charge in [-0.05, 0) is 60.6 Å². The van der Waals surface area contributed by atoms with E-state index in [2.05, 4.69) is 21.4 Å². The van der Waals surface area contributed by atoms with E-state index in [-0.39, 0.29) is 11.7 Å². The van der Waals surface area contributed by atoms with Gasteiger partial charge in [0.25, 0.3) is 0 Å². The third-order valence-electron chi connectivity index (χ3n) is 6.58. The van der Waals surface area contributed by atoms with Gasteiger partial charge in [-0.1, -0.05) is 18.2 Å². The lowest BCUT2D eigenvalue weighted by molar-refractivity contribution is -0.136. The number of hydrogen-bond donors (Lipinski definition) is 1. The second-order valence-corrected chi connectivity index (χ2v) is 10.0. The lowest BCUT2D eigenvalue weighted by Crippen LogP contribution is -2.48. The van der Waals surface area contributed by atoms with Crippen LogP contribution in [-0.4, -0.2) is 52.4 Å². The number of thiazole rings is 1. The minimum absolute atomic E-state index is 0.0734. The van der Waals surface area contributed by atoms with Crippen LogP contribution >= 0.6 is 11.3 Å². The Morgan fingerprint density at radius 2 is 1.92 bits per heavy atom. The zero-order valence-electron chi connectivity index (χ0n) is 19.7. The Morgan fingerprint density at radius 3 is 2.78 bits per heavy atom. The van der Waals surface area contributed by atoms with Crippen LogP contribution in [0.1, 0.15) is 5.56 Å². The van der Waals surface area contributed by atoms with E-state index in [1.807, 2.05) is 59.9 Å². The summed E-state index contributed by atoms with van der Waals surface area (Å²) in [5, 5.41) is 4.38. The maximum atomic E-state index is 15.3. The maximum absolute atomic E-state index is 15.3. The number of piperazine rings is 1. The topological polar surface area (TPSA) is 61.4 Å². The summed E-state index contributed by atoms with van der Waals surface area (Å²) in [5.41, 5.74) is 7.51. The summed E-state index contributed by atoms with van der Waals surface area (Å²) in [5.74, 6) is -0.231. The molecule has 2 aromatic heterocycles. The van der Waals surface area contributed by atoms with Crippen molar-refractivity contribution in [2.75, 3.05) is 32.0 Å². The lowest BCUT2D eigenvalue weighted by Gasteiger charge is -2.32. The summed E-state index contributed by atoms with van der Waals surface area (Å²) in [6.45, 7) is 2.30. The minimum atomic E-state index is -0.305. The lowest BCUT2D eigenvalue weighted by atomic mass is 10.00. The fourth-order valence-electron chi connectivity index (χ4n) is 4.62. The molecule has 1 fully saturated rings. The Balaban J connectivity index is 1.29. The normalized spacial score (nSPS) is 14.6. The smallest absolute Gasteiger partial charge is 0.237 e. The Morgan fingerprint density at radius 1 is 1.00 bits per heavy atom. The quantitative estimate of drug-likeness (QED) is 0.339. The number of anilines is 2. The van der Waals surface area contributed by atoms with Gasteiger partial charge in [0.1, 0.15) is 5.82 Å². The predicted molar refractivity (Wildman–Crippen MR) is 143 cm³/mol. The Bertz CT molecular complexity index is 1600. The molecule has 180 valence electrons. The molecule has 1 aliphatic heterocycles. The fraction of sp³-hybridized carbons (Fsp3) is 0.179. The number of fused-ring (bicyclic) bond motifs is 2. The van der Waals surface area contributed by atoms with Gasteiger partial charge in [0.2, 0.25) is 5.91 Å². The number of likely N-dealkylation sites (N-methyl/N-ethyl adjacent to an activating group) is 1. The first-order chi connectivity index (χ1) is 17.5. The molecule has 1 amide bonds. The van der Waals surface area contributed by atoms with Crippen LogP contribution in [0.15, 0.2) is 72.4 Å². The highest BCUT2D eigenvalue weighted by Crippen LogP contribution is 2.32. The van der Waals surface area contributed by atoms with Gasteiger partial charge in [-0.3, -0.25) is 14.7 Å². The van der Waals surface area contributed by atoms with E-state index in [0.29, 0.717) is 25.2 Å². The molecule has 0 spiro atoms. The van der Waals surface area contributed by atoms with Crippen LogP contribution < -0.4 is 5.32 Å². The van der Waals surface area contributed by atoms with Crippen LogP contribution in [0.2, 0.25) is 0 Å². The molecule has 3 heterocycles. The molecular weight excluding hydrogens is 473 g/mol. The number of pyridine rings is 1. The first-order valence-electron chi connectivity index (χ1n) is 11.8. The van der Waals surface area contributed by atoms with Crippen molar-refractivity contribution in [2.45, 2.75) is 6.54 Å². The highest BCUT2D eigenvalue weighted by Gasteiger charge is 2.22. The first-order valence-corrected chi connectivity index (χ1v) is 12.7. The van der Waals surface area contributed by atoms with Gasteiger partial charge in [0.15, 0.2) is 0 Å². The SMILES string of the molecule is CN1CCN(Cc2ccc(-c3ccc4nccc(Nc5ccc6scnc6c5)c4c3)c(F)c2)C(=O)C1. The highest BCUT2D eigenvalue weighted by atomic mass is 32.1. The van der Waals surface area contributed by atoms with E-state index in [4.69, 9.17) is 0 Å². The third-order valence-corrected chi connectivity index (χ3v) is 7.39. The van der Waals surface area contributed by atoms with Crippen LogP contribution in [-0.2, 0) is 11.3 Å². The van der Waals surface area contributed by atoms with Crippen LogP contribution in [0, 0.1) is 5.82 Å². The van der Waals surface area contributed by atoms with Crippen LogP contribution in [0.3, 0.4) is 0 Å². The molecule has 0 unspecified atom stereocenters. The van der Waals surface area contributed by atoms with Crippen LogP contribution in [0.25, 0.3) is 32.2 Å². The van der Waals surface area contributed by atoms with Gasteiger partial charge >= 0.3 is 0 Å². The number of amides is 1. The van der Waals surface area contributed by atoms with Crippen molar-refractivity contribution in [1.29, 1.82) is 0 Å². The van der Waals surface area contributed by atoms with Crippen molar-refractivity contribution in [3.8, 4) is 11.1 Å². The van der Waals surface area contributed by atoms with Gasteiger partial charge in [0, 0.05) is 48.2 Å². The summed E-state index contributed by atoms with van der Waals surface area (Å²) >= 11 is 1.61. The number of aromatic nitrogens is 2. The third kappa shape index (κ3) is 4.41. The number of carbonyl (C=O) groups is 1. The molecule has 0 bridgehead atoms. The Kier molecular flexibility index (Phi) is 5.83. The molecule has 1 saturated heterocycles. The number of rotatable bonds is 5. The molecule has 0 saturated carbocycles. The predicted octanol–water partition coefficient (Wildman–Crippen LogP) is 5.67. The largest absolute Gasteiger partial charge is 0.355 e. The summed E-state index contributed by atoms with van der Waals surface area (Å²) in [4.78, 5) is 25.0. The molecule has 8 heteroatoms. The number of hydrogen-bond acceptors (Lipinski definition) is 6. The summed E-state index contributed by atoms with van der Waals surface area (Å²) in [6.07, 6.45) is 1.76. The zero-order valence-corrected chi connectivity index (χ0v) is 20.6. The molecule has 5 aromatic rings. The van der Waals surface area contributed by atoms with Crippen molar-refractivity contribution in [2.24, 2.45) is 0 Å². The van der Waals surface area contributed by atoms with E-state index in [1.54, 1.807) is 28.5 Å². The van der Waals surface area contributed by atoms with Gasteiger partial charge in [-0.15, -0.1) is 11.3 Å². The van der Waals surface area contributed by atoms with E-state index < -0.39 is 0 Å². The molecule has 6 rings (SSSR count).